The number of nitrogens with one attached hydrogen (secondary N) is 1. The van der Waals surface area contributed by atoms with Crippen molar-refractivity contribution in [3.63, 3.8) is 0 Å². The molecule has 0 radical (unpaired) electrons. The molecule has 1 fully saturated rings. The van der Waals surface area contributed by atoms with Gasteiger partial charge in [0.15, 0.2) is 0 Å². The number of nitrogens with zero attached hydrogens (tertiary/aromatic N) is 4. The van der Waals surface area contributed by atoms with E-state index in [1.165, 1.54) is 11.3 Å². The number of carbonyl (C=O) groups is 1. The minimum atomic E-state index is -0.152. The smallest absolute Gasteiger partial charge is 0.256 e. The number of piperazine rings is 1. The maximum Gasteiger partial charge on any atom is 0.256 e. The molecule has 6 nitrogen and oxygen atoms in total. The van der Waals surface area contributed by atoms with Crippen molar-refractivity contribution in [2.45, 2.75) is 26.8 Å². The van der Waals surface area contributed by atoms with E-state index < -0.39 is 0 Å². The summed E-state index contributed by atoms with van der Waals surface area (Å²) in [7, 11) is 0. The molecule has 0 atom stereocenters. The van der Waals surface area contributed by atoms with Crippen LogP contribution in [-0.4, -0.2) is 59.9 Å². The number of anilines is 1. The molecular formula is C26H32ClN5O. The molecule has 2 heterocycles. The molecule has 1 amide bonds. The van der Waals surface area contributed by atoms with Crippen molar-refractivity contribution < 1.29 is 4.79 Å². The van der Waals surface area contributed by atoms with Gasteiger partial charge in [0.2, 0.25) is 0 Å². The summed E-state index contributed by atoms with van der Waals surface area (Å²) < 4.78 is 1.69. The Morgan fingerprint density at radius 3 is 2.52 bits per heavy atom. The van der Waals surface area contributed by atoms with E-state index in [-0.39, 0.29) is 5.91 Å². The number of rotatable bonds is 8. The maximum atomic E-state index is 12.8. The quantitative estimate of drug-likeness (QED) is 0.508. The van der Waals surface area contributed by atoms with Crippen molar-refractivity contribution in [2.75, 3.05) is 44.2 Å². The third kappa shape index (κ3) is 5.95. The van der Waals surface area contributed by atoms with Gasteiger partial charge in [-0.2, -0.15) is 5.10 Å². The monoisotopic (exact) mass is 465 g/mol. The van der Waals surface area contributed by atoms with Gasteiger partial charge < -0.3 is 10.2 Å². The number of hydrogen-bond donors (Lipinski definition) is 1. The Hall–Kier alpha value is -2.83. The molecule has 1 aromatic heterocycles. The predicted octanol–water partition coefficient (Wildman–Crippen LogP) is 4.14. The van der Waals surface area contributed by atoms with Crippen LogP contribution in [0.25, 0.3) is 0 Å². The molecule has 0 bridgehead atoms. The zero-order valence-corrected chi connectivity index (χ0v) is 20.2. The number of aromatic nitrogens is 2. The second kappa shape index (κ2) is 10.9. The Morgan fingerprint density at radius 2 is 1.79 bits per heavy atom. The lowest BCUT2D eigenvalue weighted by Crippen LogP contribution is -2.47. The first kappa shape index (κ1) is 23.3. The number of halogens is 1. The lowest BCUT2D eigenvalue weighted by atomic mass is 10.2. The van der Waals surface area contributed by atoms with Crippen LogP contribution in [0, 0.1) is 13.8 Å². The van der Waals surface area contributed by atoms with E-state index in [4.69, 9.17) is 11.6 Å². The van der Waals surface area contributed by atoms with Gasteiger partial charge in [-0.05, 0) is 50.1 Å². The van der Waals surface area contributed by atoms with Crippen molar-refractivity contribution in [1.29, 1.82) is 0 Å². The normalized spacial score (nSPS) is 14.5. The molecular weight excluding hydrogens is 434 g/mol. The summed E-state index contributed by atoms with van der Waals surface area (Å²) in [5.41, 5.74) is 4.82. The fraction of sp³-hybridized carbons (Fsp3) is 0.385. The van der Waals surface area contributed by atoms with E-state index in [0.29, 0.717) is 29.5 Å². The van der Waals surface area contributed by atoms with E-state index in [1.807, 2.05) is 37.3 Å². The van der Waals surface area contributed by atoms with Gasteiger partial charge in [0.05, 0.1) is 17.8 Å². The van der Waals surface area contributed by atoms with Crippen LogP contribution in [0.15, 0.2) is 54.6 Å². The van der Waals surface area contributed by atoms with Gasteiger partial charge in [-0.3, -0.25) is 9.69 Å². The van der Waals surface area contributed by atoms with Crippen LogP contribution in [0.3, 0.4) is 0 Å². The Labute approximate surface area is 201 Å². The molecule has 1 N–H and O–H groups in total. The summed E-state index contributed by atoms with van der Waals surface area (Å²) in [4.78, 5) is 17.7. The summed E-state index contributed by atoms with van der Waals surface area (Å²) in [6.45, 7) is 10.3. The van der Waals surface area contributed by atoms with Gasteiger partial charge in [0.25, 0.3) is 5.91 Å². The van der Waals surface area contributed by atoms with Gasteiger partial charge >= 0.3 is 0 Å². The molecule has 0 unspecified atom stereocenters. The van der Waals surface area contributed by atoms with Gasteiger partial charge in [-0.25, -0.2) is 4.68 Å². The predicted molar refractivity (Wildman–Crippen MR) is 134 cm³/mol. The number of hydrogen-bond acceptors (Lipinski definition) is 4. The molecule has 7 heteroatoms. The highest BCUT2D eigenvalue weighted by Crippen LogP contribution is 2.21. The lowest BCUT2D eigenvalue weighted by molar-refractivity contribution is 0.0951. The number of aryl methyl sites for hydroxylation is 2. The molecule has 1 saturated heterocycles. The summed E-state index contributed by atoms with van der Waals surface area (Å²) in [6.07, 6.45) is 0.908. The molecule has 3 aromatic rings. The molecule has 0 spiro atoms. The third-order valence-corrected chi connectivity index (χ3v) is 6.53. The van der Waals surface area contributed by atoms with Crippen LogP contribution in [0.2, 0.25) is 5.15 Å². The highest BCUT2D eigenvalue weighted by molar-refractivity contribution is 6.33. The Bertz CT molecular complexity index is 1070. The first-order chi connectivity index (χ1) is 16.0. The van der Waals surface area contributed by atoms with Crippen LogP contribution in [0.1, 0.15) is 33.6 Å². The van der Waals surface area contributed by atoms with Crippen LogP contribution in [0.4, 0.5) is 5.69 Å². The Balaban J connectivity index is 1.22. The number of carbonyl (C=O) groups excluding carboxylic acids is 1. The van der Waals surface area contributed by atoms with Gasteiger partial charge in [-0.15, -0.1) is 0 Å². The first-order valence-electron chi connectivity index (χ1n) is 11.6. The summed E-state index contributed by atoms with van der Waals surface area (Å²) in [5, 5.41) is 7.89. The second-order valence-electron chi connectivity index (χ2n) is 8.67. The van der Waals surface area contributed by atoms with E-state index in [9.17, 15) is 4.79 Å². The van der Waals surface area contributed by atoms with Gasteiger partial charge in [-0.1, -0.05) is 54.1 Å². The molecule has 2 aromatic carbocycles. The van der Waals surface area contributed by atoms with Crippen molar-refractivity contribution >= 4 is 23.2 Å². The molecule has 174 valence electrons. The van der Waals surface area contributed by atoms with E-state index >= 15 is 0 Å². The van der Waals surface area contributed by atoms with Crippen LogP contribution in [-0.2, 0) is 6.54 Å². The Kier molecular flexibility index (Phi) is 7.68. The average Bonchev–Trinajstić information content (AvgIpc) is 3.10. The van der Waals surface area contributed by atoms with Gasteiger partial charge in [0.1, 0.15) is 5.15 Å². The molecule has 4 rings (SSSR count). The number of benzene rings is 2. The van der Waals surface area contributed by atoms with Crippen molar-refractivity contribution in [1.82, 2.24) is 20.0 Å². The number of amides is 1. The van der Waals surface area contributed by atoms with E-state index in [1.54, 1.807) is 4.68 Å². The molecule has 0 aliphatic carbocycles. The van der Waals surface area contributed by atoms with Crippen LogP contribution >= 0.6 is 11.6 Å². The Morgan fingerprint density at radius 1 is 1.03 bits per heavy atom. The van der Waals surface area contributed by atoms with E-state index in [2.05, 4.69) is 51.4 Å². The molecule has 1 aliphatic heterocycles. The molecule has 0 saturated carbocycles. The summed E-state index contributed by atoms with van der Waals surface area (Å²) in [5.74, 6) is -0.152. The van der Waals surface area contributed by atoms with Crippen molar-refractivity contribution in [3.05, 3.63) is 82.1 Å². The molecule has 1 aliphatic rings. The lowest BCUT2D eigenvalue weighted by Gasteiger charge is -2.36. The maximum absolute atomic E-state index is 12.8. The minimum Gasteiger partial charge on any atom is -0.369 e. The zero-order valence-electron chi connectivity index (χ0n) is 19.4. The standard InChI is InChI=1S/C26H32ClN5O/c1-20-8-6-11-23(18-20)31-16-14-30(15-17-31)13-7-12-28-26(33)24-21(2)29-32(25(24)27)19-22-9-4-3-5-10-22/h3-6,8-11,18H,7,12-17,19H2,1-2H3,(H,28,33). The van der Waals surface area contributed by atoms with Crippen molar-refractivity contribution in [2.24, 2.45) is 0 Å². The zero-order chi connectivity index (χ0) is 23.2. The highest BCUT2D eigenvalue weighted by atomic mass is 35.5. The minimum absolute atomic E-state index is 0.152. The van der Waals surface area contributed by atoms with Crippen molar-refractivity contribution in [3.8, 4) is 0 Å². The first-order valence-corrected chi connectivity index (χ1v) is 12.0. The fourth-order valence-corrected chi connectivity index (χ4v) is 4.64. The largest absolute Gasteiger partial charge is 0.369 e. The van der Waals surface area contributed by atoms with Crippen LogP contribution < -0.4 is 10.2 Å². The SMILES string of the molecule is Cc1cccc(N2CCN(CCCNC(=O)c3c(C)nn(Cc4ccccc4)c3Cl)CC2)c1. The second-order valence-corrected chi connectivity index (χ2v) is 9.03. The molecule has 33 heavy (non-hydrogen) atoms. The topological polar surface area (TPSA) is 53.4 Å². The summed E-state index contributed by atoms with van der Waals surface area (Å²) in [6, 6.07) is 18.7. The average molecular weight is 466 g/mol. The summed E-state index contributed by atoms with van der Waals surface area (Å²) >= 11 is 6.51. The highest BCUT2D eigenvalue weighted by Gasteiger charge is 2.21. The van der Waals surface area contributed by atoms with Gasteiger partial charge in [0, 0.05) is 38.4 Å². The van der Waals surface area contributed by atoms with Crippen LogP contribution in [0.5, 0.6) is 0 Å². The third-order valence-electron chi connectivity index (χ3n) is 6.14. The van der Waals surface area contributed by atoms with E-state index in [0.717, 1.165) is 44.7 Å². The fourth-order valence-electron chi connectivity index (χ4n) is 4.32.